The molecule has 0 aliphatic carbocycles. The smallest absolute Gasteiger partial charge is 0.235 e. The molecule has 1 aromatic rings. The van der Waals surface area contributed by atoms with Gasteiger partial charge in [-0.05, 0) is 32.6 Å². The van der Waals surface area contributed by atoms with Crippen LogP contribution in [-0.2, 0) is 6.42 Å². The fraction of sp³-hybridized carbons (Fsp3) is 0.692. The molecule has 0 amide bonds. The van der Waals surface area contributed by atoms with E-state index in [9.17, 15) is 0 Å². The Morgan fingerprint density at radius 1 is 1.38 bits per heavy atom. The molecule has 3 heteroatoms. The van der Waals surface area contributed by atoms with Gasteiger partial charge >= 0.3 is 0 Å². The van der Waals surface area contributed by atoms with E-state index in [1.165, 1.54) is 12.8 Å². The third-order valence-electron chi connectivity index (χ3n) is 2.82. The Kier molecular flexibility index (Phi) is 5.23. The van der Waals surface area contributed by atoms with Crippen LogP contribution in [0.5, 0.6) is 5.88 Å². The molecule has 1 atom stereocenters. The van der Waals surface area contributed by atoms with Crippen molar-refractivity contribution in [3.05, 3.63) is 17.6 Å². The van der Waals surface area contributed by atoms with E-state index in [2.05, 4.69) is 23.8 Å². The lowest BCUT2D eigenvalue weighted by atomic mass is 10.0. The minimum Gasteiger partial charge on any atom is -0.477 e. The van der Waals surface area contributed by atoms with Crippen LogP contribution < -0.4 is 4.74 Å². The summed E-state index contributed by atoms with van der Waals surface area (Å²) in [6.45, 7) is 9.04. The van der Waals surface area contributed by atoms with Gasteiger partial charge < -0.3 is 4.74 Å². The highest BCUT2D eigenvalue weighted by Gasteiger charge is 2.05. The van der Waals surface area contributed by atoms with Gasteiger partial charge in [-0.25, -0.2) is 4.98 Å². The summed E-state index contributed by atoms with van der Waals surface area (Å²) >= 11 is 0. The first-order valence-corrected chi connectivity index (χ1v) is 6.12. The predicted octanol–water partition coefficient (Wildman–Crippen LogP) is 3.16. The maximum Gasteiger partial charge on any atom is 0.235 e. The van der Waals surface area contributed by atoms with Crippen LogP contribution in [0.25, 0.3) is 0 Å². The van der Waals surface area contributed by atoms with Crippen LogP contribution in [0.15, 0.2) is 6.20 Å². The Labute approximate surface area is 98.3 Å². The molecule has 0 bridgehead atoms. The van der Waals surface area contributed by atoms with E-state index in [0.29, 0.717) is 12.5 Å². The molecule has 1 aromatic heterocycles. The summed E-state index contributed by atoms with van der Waals surface area (Å²) < 4.78 is 5.36. The maximum atomic E-state index is 5.36. The molecule has 90 valence electrons. The summed E-state index contributed by atoms with van der Waals surface area (Å²) in [4.78, 5) is 8.80. The van der Waals surface area contributed by atoms with Crippen LogP contribution in [0.3, 0.4) is 0 Å². The van der Waals surface area contributed by atoms with E-state index in [4.69, 9.17) is 4.74 Å². The van der Waals surface area contributed by atoms with Crippen molar-refractivity contribution in [2.45, 2.75) is 47.0 Å². The molecular weight excluding hydrogens is 200 g/mol. The summed E-state index contributed by atoms with van der Waals surface area (Å²) in [5, 5.41) is 0. The first-order chi connectivity index (χ1) is 7.67. The second kappa shape index (κ2) is 6.46. The molecule has 0 aliphatic rings. The van der Waals surface area contributed by atoms with Crippen molar-refractivity contribution >= 4 is 0 Å². The molecule has 1 unspecified atom stereocenters. The van der Waals surface area contributed by atoms with Crippen LogP contribution >= 0.6 is 0 Å². The largest absolute Gasteiger partial charge is 0.477 e. The van der Waals surface area contributed by atoms with Gasteiger partial charge in [-0.1, -0.05) is 20.3 Å². The Morgan fingerprint density at radius 2 is 2.12 bits per heavy atom. The topological polar surface area (TPSA) is 35.0 Å². The van der Waals surface area contributed by atoms with Gasteiger partial charge in [-0.15, -0.1) is 0 Å². The highest BCUT2D eigenvalue weighted by atomic mass is 16.5. The first kappa shape index (κ1) is 12.9. The predicted molar refractivity (Wildman–Crippen MR) is 65.7 cm³/mol. The standard InChI is InChI=1S/C13H22N2O/c1-5-10(3)7-8-12-9-14-13(16-6-2)11(4)15-12/h9-10H,5-8H2,1-4H3. The zero-order valence-electron chi connectivity index (χ0n) is 10.8. The molecule has 1 rings (SSSR count). The quantitative estimate of drug-likeness (QED) is 0.741. The van der Waals surface area contributed by atoms with Crippen molar-refractivity contribution < 1.29 is 4.74 Å². The second-order valence-electron chi connectivity index (χ2n) is 4.24. The minimum absolute atomic E-state index is 0.641. The molecule has 3 nitrogen and oxygen atoms in total. The van der Waals surface area contributed by atoms with E-state index >= 15 is 0 Å². The SMILES string of the molecule is CCOc1ncc(CCC(C)CC)nc1C. The second-order valence-corrected chi connectivity index (χ2v) is 4.24. The highest BCUT2D eigenvalue weighted by Crippen LogP contribution is 2.15. The van der Waals surface area contributed by atoms with Crippen molar-refractivity contribution in [2.24, 2.45) is 5.92 Å². The molecule has 16 heavy (non-hydrogen) atoms. The third-order valence-corrected chi connectivity index (χ3v) is 2.82. The summed E-state index contributed by atoms with van der Waals surface area (Å²) in [6.07, 6.45) is 5.25. The Morgan fingerprint density at radius 3 is 2.69 bits per heavy atom. The summed E-state index contributed by atoms with van der Waals surface area (Å²) in [5.74, 6) is 1.42. The summed E-state index contributed by atoms with van der Waals surface area (Å²) in [6, 6.07) is 0. The average Bonchev–Trinajstić information content (AvgIpc) is 2.29. The van der Waals surface area contributed by atoms with E-state index in [1.807, 2.05) is 20.0 Å². The average molecular weight is 222 g/mol. The van der Waals surface area contributed by atoms with Crippen LogP contribution in [0.4, 0.5) is 0 Å². The fourth-order valence-corrected chi connectivity index (χ4v) is 1.52. The van der Waals surface area contributed by atoms with Gasteiger partial charge in [0.2, 0.25) is 5.88 Å². The number of nitrogens with zero attached hydrogens (tertiary/aromatic N) is 2. The summed E-state index contributed by atoms with van der Waals surface area (Å²) in [5.41, 5.74) is 1.96. The molecule has 0 fully saturated rings. The van der Waals surface area contributed by atoms with Crippen molar-refractivity contribution in [3.63, 3.8) is 0 Å². The summed E-state index contributed by atoms with van der Waals surface area (Å²) in [7, 11) is 0. The number of hydrogen-bond donors (Lipinski definition) is 0. The van der Waals surface area contributed by atoms with Crippen LogP contribution in [0.1, 0.15) is 45.0 Å². The van der Waals surface area contributed by atoms with E-state index in [0.717, 1.165) is 23.7 Å². The molecule has 0 radical (unpaired) electrons. The Bertz CT molecular complexity index is 326. The van der Waals surface area contributed by atoms with Gasteiger partial charge in [0.05, 0.1) is 24.2 Å². The van der Waals surface area contributed by atoms with Crippen molar-refractivity contribution in [1.82, 2.24) is 9.97 Å². The van der Waals surface area contributed by atoms with Gasteiger partial charge in [0.15, 0.2) is 0 Å². The molecule has 0 aromatic carbocycles. The number of hydrogen-bond acceptors (Lipinski definition) is 3. The lowest BCUT2D eigenvalue weighted by molar-refractivity contribution is 0.321. The van der Waals surface area contributed by atoms with Gasteiger partial charge in [0.25, 0.3) is 0 Å². The number of ether oxygens (including phenoxy) is 1. The normalized spacial score (nSPS) is 12.5. The van der Waals surface area contributed by atoms with Gasteiger partial charge in [0.1, 0.15) is 0 Å². The van der Waals surface area contributed by atoms with Crippen LogP contribution in [0.2, 0.25) is 0 Å². The van der Waals surface area contributed by atoms with E-state index in [1.54, 1.807) is 0 Å². The van der Waals surface area contributed by atoms with Gasteiger partial charge in [0, 0.05) is 0 Å². The maximum absolute atomic E-state index is 5.36. The zero-order valence-corrected chi connectivity index (χ0v) is 10.8. The molecule has 1 heterocycles. The van der Waals surface area contributed by atoms with Crippen LogP contribution in [-0.4, -0.2) is 16.6 Å². The van der Waals surface area contributed by atoms with Crippen molar-refractivity contribution in [3.8, 4) is 5.88 Å². The molecule has 0 N–H and O–H groups in total. The van der Waals surface area contributed by atoms with E-state index in [-0.39, 0.29) is 0 Å². The zero-order chi connectivity index (χ0) is 12.0. The number of aromatic nitrogens is 2. The van der Waals surface area contributed by atoms with Gasteiger partial charge in [-0.2, -0.15) is 0 Å². The molecule has 0 spiro atoms. The number of aryl methyl sites for hydroxylation is 2. The van der Waals surface area contributed by atoms with Crippen LogP contribution in [0, 0.1) is 12.8 Å². The first-order valence-electron chi connectivity index (χ1n) is 6.12. The molecular formula is C13H22N2O. The lowest BCUT2D eigenvalue weighted by Gasteiger charge is -2.09. The monoisotopic (exact) mass is 222 g/mol. The molecule has 0 saturated carbocycles. The lowest BCUT2D eigenvalue weighted by Crippen LogP contribution is -2.03. The fourth-order valence-electron chi connectivity index (χ4n) is 1.52. The highest BCUT2D eigenvalue weighted by molar-refractivity contribution is 5.18. The third kappa shape index (κ3) is 3.80. The number of rotatable bonds is 6. The van der Waals surface area contributed by atoms with Gasteiger partial charge in [-0.3, -0.25) is 4.98 Å². The Hall–Kier alpha value is -1.12. The Balaban J connectivity index is 2.59. The van der Waals surface area contributed by atoms with E-state index < -0.39 is 0 Å². The minimum atomic E-state index is 0.641. The molecule has 0 saturated heterocycles. The van der Waals surface area contributed by atoms with Crippen molar-refractivity contribution in [2.75, 3.05) is 6.61 Å². The molecule has 0 aliphatic heterocycles. The van der Waals surface area contributed by atoms with Crippen molar-refractivity contribution in [1.29, 1.82) is 0 Å².